The number of fused-ring (bicyclic) bond motifs is 2. The molecule has 0 radical (unpaired) electrons. The zero-order valence-corrected chi connectivity index (χ0v) is 23.7. The quantitative estimate of drug-likeness (QED) is 0.198. The molecular formula is C25H21N5O8S3. The van der Waals surface area contributed by atoms with E-state index in [1.54, 1.807) is 19.1 Å². The van der Waals surface area contributed by atoms with E-state index in [0.717, 1.165) is 10.3 Å². The van der Waals surface area contributed by atoms with Crippen molar-refractivity contribution in [3.8, 4) is 0 Å². The molecule has 3 atom stereocenters. The molecule has 4 heterocycles. The van der Waals surface area contributed by atoms with Crippen LogP contribution in [0.15, 0.2) is 30.0 Å². The number of carbonyl (C=O) groups excluding carboxylic acids is 4. The number of carboxylic acids is 2. The van der Waals surface area contributed by atoms with Crippen LogP contribution in [0.4, 0.5) is 0 Å². The van der Waals surface area contributed by atoms with E-state index in [9.17, 15) is 39.0 Å². The van der Waals surface area contributed by atoms with Gasteiger partial charge in [-0.2, -0.15) is 0 Å². The first kappa shape index (κ1) is 28.5. The van der Waals surface area contributed by atoms with Crippen LogP contribution in [0.25, 0.3) is 5.57 Å². The zero-order valence-electron chi connectivity index (χ0n) is 21.2. The van der Waals surface area contributed by atoms with Crippen molar-refractivity contribution in [3.63, 3.8) is 0 Å². The molecule has 1 fully saturated rings. The van der Waals surface area contributed by atoms with E-state index in [0.29, 0.717) is 20.5 Å². The van der Waals surface area contributed by atoms with Gasteiger partial charge in [0.2, 0.25) is 5.91 Å². The molecule has 5 rings (SSSR count). The average molecular weight is 616 g/mol. The fourth-order valence-electron chi connectivity index (χ4n) is 5.02. The summed E-state index contributed by atoms with van der Waals surface area (Å²) in [6, 6.07) is 4.53. The van der Waals surface area contributed by atoms with Crippen LogP contribution in [0, 0.1) is 6.92 Å². The summed E-state index contributed by atoms with van der Waals surface area (Å²) in [7, 11) is 0. The maximum absolute atomic E-state index is 13.3. The number of aryl methyl sites for hydroxylation is 1. The van der Waals surface area contributed by atoms with Gasteiger partial charge in [0, 0.05) is 23.1 Å². The number of carboxylic acid groups (broad SMARTS) is 2. The Bertz CT molecular complexity index is 1540. The van der Waals surface area contributed by atoms with Gasteiger partial charge in [0.15, 0.2) is 5.54 Å². The number of hydrogen-bond donors (Lipinski definition) is 3. The van der Waals surface area contributed by atoms with Crippen molar-refractivity contribution in [2.45, 2.75) is 43.1 Å². The molecule has 0 spiro atoms. The standard InChI is InChI=1S/C25H21N5O8S3/c1-11-27-28-18(41-11)14-9-40-24-25(10-39,23(38)30(24)17(14)22(36)37)26-16(31)8-4-7-15(21(34)35)29-19(32)12-5-2-3-6-13(12)20(29)33/h2-3,5-6,10,15,24H,4,7-9H2,1H3,(H,26,31)(H,34,35)(H,36,37)/t15?,24-,25+/m0/s1. The molecule has 3 aliphatic heterocycles. The molecular weight excluding hydrogens is 595 g/mol. The third-order valence-corrected chi connectivity index (χ3v) is 9.56. The second-order valence-corrected chi connectivity index (χ2v) is 11.9. The van der Waals surface area contributed by atoms with Crippen LogP contribution in [0.1, 0.15) is 50.0 Å². The highest BCUT2D eigenvalue weighted by atomic mass is 32.2. The number of amides is 4. The lowest BCUT2D eigenvalue weighted by molar-refractivity contribution is -0.153. The average Bonchev–Trinajstić information content (AvgIpc) is 3.49. The van der Waals surface area contributed by atoms with E-state index in [2.05, 4.69) is 15.5 Å². The normalized spacial score (nSPS) is 22.2. The molecule has 3 aliphatic rings. The molecule has 13 nitrogen and oxygen atoms in total. The number of hydrogen-bond acceptors (Lipinski definition) is 11. The first-order valence-electron chi connectivity index (χ1n) is 12.2. The van der Waals surface area contributed by atoms with E-state index >= 15 is 0 Å². The summed E-state index contributed by atoms with van der Waals surface area (Å²) < 4.78 is 0. The van der Waals surface area contributed by atoms with Crippen molar-refractivity contribution < 1.29 is 39.0 Å². The molecule has 0 bridgehead atoms. The van der Waals surface area contributed by atoms with Gasteiger partial charge in [0.1, 0.15) is 27.1 Å². The minimum absolute atomic E-state index is 0.0275. The second kappa shape index (κ2) is 10.8. The van der Waals surface area contributed by atoms with Gasteiger partial charge in [0.25, 0.3) is 17.7 Å². The van der Waals surface area contributed by atoms with E-state index in [4.69, 9.17) is 12.2 Å². The van der Waals surface area contributed by atoms with Crippen molar-refractivity contribution in [2.75, 3.05) is 5.75 Å². The summed E-state index contributed by atoms with van der Waals surface area (Å²) in [6.45, 7) is 1.72. The number of benzene rings is 1. The Labute approximate surface area is 245 Å². The molecule has 1 saturated heterocycles. The molecule has 3 N–H and O–H groups in total. The van der Waals surface area contributed by atoms with E-state index in [-0.39, 0.29) is 41.8 Å². The number of nitrogens with zero attached hydrogens (tertiary/aromatic N) is 4. The Morgan fingerprint density at radius 3 is 2.37 bits per heavy atom. The summed E-state index contributed by atoms with van der Waals surface area (Å²) in [6.07, 6.45) is -0.465. The molecule has 1 aromatic heterocycles. The highest BCUT2D eigenvalue weighted by Gasteiger charge is 2.64. The predicted molar refractivity (Wildman–Crippen MR) is 149 cm³/mol. The predicted octanol–water partition coefficient (Wildman–Crippen LogP) is 1.33. The fourth-order valence-corrected chi connectivity index (χ4v) is 7.66. The number of aliphatic carboxylic acids is 2. The lowest BCUT2D eigenvalue weighted by atomic mass is 9.87. The summed E-state index contributed by atoms with van der Waals surface area (Å²) in [4.78, 5) is 77.6. The Morgan fingerprint density at radius 2 is 1.83 bits per heavy atom. The number of thiocarbonyl (C=S) groups is 1. The maximum Gasteiger partial charge on any atom is 0.353 e. The summed E-state index contributed by atoms with van der Waals surface area (Å²) in [5.74, 6) is -5.33. The van der Waals surface area contributed by atoms with Crippen molar-refractivity contribution in [3.05, 3.63) is 51.1 Å². The number of rotatable bonds is 10. The van der Waals surface area contributed by atoms with Crippen LogP contribution in [0.2, 0.25) is 0 Å². The molecule has 212 valence electrons. The zero-order chi connectivity index (χ0) is 29.6. The van der Waals surface area contributed by atoms with Gasteiger partial charge < -0.3 is 15.5 Å². The van der Waals surface area contributed by atoms with E-state index in [1.807, 2.05) is 0 Å². The topological polar surface area (TPSA) is 187 Å². The van der Waals surface area contributed by atoms with Crippen molar-refractivity contribution in [1.29, 1.82) is 0 Å². The van der Waals surface area contributed by atoms with Crippen LogP contribution in [-0.2, 0) is 19.2 Å². The Hall–Kier alpha value is -4.02. The van der Waals surface area contributed by atoms with Crippen LogP contribution < -0.4 is 5.32 Å². The van der Waals surface area contributed by atoms with Gasteiger partial charge in [-0.15, -0.1) is 22.0 Å². The van der Waals surface area contributed by atoms with E-state index in [1.165, 1.54) is 35.2 Å². The minimum Gasteiger partial charge on any atom is -0.480 e. The third-order valence-electron chi connectivity index (χ3n) is 6.93. The Kier molecular flexibility index (Phi) is 7.48. The summed E-state index contributed by atoms with van der Waals surface area (Å²) in [5.41, 5.74) is -1.32. The van der Waals surface area contributed by atoms with Crippen LogP contribution in [0.3, 0.4) is 0 Å². The second-order valence-electron chi connectivity index (χ2n) is 9.40. The van der Waals surface area contributed by atoms with Crippen LogP contribution >= 0.6 is 35.3 Å². The molecule has 4 amide bonds. The molecule has 1 aromatic carbocycles. The van der Waals surface area contributed by atoms with Gasteiger partial charge >= 0.3 is 11.9 Å². The molecule has 0 aliphatic carbocycles. The van der Waals surface area contributed by atoms with Crippen molar-refractivity contribution >= 4 is 81.8 Å². The largest absolute Gasteiger partial charge is 0.480 e. The van der Waals surface area contributed by atoms with Crippen molar-refractivity contribution in [2.24, 2.45) is 0 Å². The van der Waals surface area contributed by atoms with Crippen LogP contribution in [0.5, 0.6) is 0 Å². The monoisotopic (exact) mass is 615 g/mol. The van der Waals surface area contributed by atoms with Gasteiger partial charge in [0.05, 0.1) is 11.1 Å². The summed E-state index contributed by atoms with van der Waals surface area (Å²) in [5, 5.41) is 31.5. The number of aromatic nitrogens is 2. The maximum atomic E-state index is 13.3. The number of carbonyl (C=O) groups is 6. The molecule has 41 heavy (non-hydrogen) atoms. The summed E-state index contributed by atoms with van der Waals surface area (Å²) >= 11 is 7.53. The first-order chi connectivity index (χ1) is 19.5. The van der Waals surface area contributed by atoms with Gasteiger partial charge in [-0.05, 0) is 31.9 Å². The fraction of sp³-hybridized carbons (Fsp3) is 0.320. The van der Waals surface area contributed by atoms with Gasteiger partial charge in [-0.25, -0.2) is 9.59 Å². The van der Waals surface area contributed by atoms with Crippen LogP contribution in [-0.4, -0.2) is 93.9 Å². The number of nitrogens with one attached hydrogen (secondary N) is 1. The first-order valence-corrected chi connectivity index (χ1v) is 14.5. The molecule has 0 saturated carbocycles. The Morgan fingerprint density at radius 1 is 1.17 bits per heavy atom. The SMILES string of the molecule is Cc1nnc(C2=C(C(=O)O)N3C(=O)[C@@](C=S)(NC(=O)CCCC(C(=O)O)N4C(=O)c5ccccc5C4=O)[C@@H]3SC2)s1. The highest BCUT2D eigenvalue weighted by Crippen LogP contribution is 2.48. The lowest BCUT2D eigenvalue weighted by Gasteiger charge is -2.55. The highest BCUT2D eigenvalue weighted by molar-refractivity contribution is 8.00. The van der Waals surface area contributed by atoms with Crippen molar-refractivity contribution in [1.82, 2.24) is 25.3 Å². The number of imide groups is 1. The third kappa shape index (κ3) is 4.61. The van der Waals surface area contributed by atoms with E-state index < -0.39 is 52.5 Å². The molecule has 16 heteroatoms. The van der Waals surface area contributed by atoms with Gasteiger partial charge in [-0.3, -0.25) is 29.0 Å². The Balaban J connectivity index is 1.26. The minimum atomic E-state index is -1.64. The van der Waals surface area contributed by atoms with Gasteiger partial charge in [-0.1, -0.05) is 35.7 Å². The molecule has 1 unspecified atom stereocenters. The number of thioether (sulfide) groups is 1. The number of β-lactam (4-membered cyclic amide) rings is 1. The smallest absolute Gasteiger partial charge is 0.353 e. The molecule has 2 aromatic rings. The lowest BCUT2D eigenvalue weighted by Crippen LogP contribution is -2.80.